The van der Waals surface area contributed by atoms with Crippen molar-refractivity contribution in [2.45, 2.75) is 52.1 Å². The van der Waals surface area contributed by atoms with Crippen molar-refractivity contribution in [3.8, 4) is 0 Å². The highest BCUT2D eigenvalue weighted by Crippen LogP contribution is 2.21. The Kier molecular flexibility index (Phi) is 14.0. The van der Waals surface area contributed by atoms with Gasteiger partial charge in [-0.15, -0.1) is 0 Å². The van der Waals surface area contributed by atoms with Crippen LogP contribution in [0, 0.1) is 0 Å². The van der Waals surface area contributed by atoms with Crippen LogP contribution in [0.15, 0.2) is 0 Å². The van der Waals surface area contributed by atoms with E-state index in [-0.39, 0.29) is 24.4 Å². The van der Waals surface area contributed by atoms with Crippen molar-refractivity contribution in [1.29, 1.82) is 0 Å². The molecule has 0 unspecified atom stereocenters. The molecule has 0 aromatic rings. The Morgan fingerprint density at radius 1 is 0.480 bits per heavy atom. The molecular weight excluding hydrogens is 348 g/mol. The minimum absolute atomic E-state index is 0.268. The monoisotopic (exact) mass is 384 g/mol. The van der Waals surface area contributed by atoms with E-state index in [1.807, 2.05) is 27.7 Å². The van der Waals surface area contributed by atoms with E-state index in [2.05, 4.69) is 0 Å². The molecule has 0 aromatic carbocycles. The van der Waals surface area contributed by atoms with Crippen LogP contribution in [0.5, 0.6) is 0 Å². The second-order valence-corrected chi connectivity index (χ2v) is 7.98. The van der Waals surface area contributed by atoms with Gasteiger partial charge >= 0.3 is 9.05 Å². The van der Waals surface area contributed by atoms with Crippen LogP contribution >= 0.6 is 0 Å². The molecule has 4 atom stereocenters. The maximum absolute atomic E-state index is 6.11. The SMILES string of the molecule is COC[C@@H](C)O[Si](O[C@H](C)COC)(O[C@@H](C)COC)O[C@@H](C)COC. The molecular formula is C16H36O8Si. The van der Waals surface area contributed by atoms with E-state index < -0.39 is 9.05 Å². The van der Waals surface area contributed by atoms with Crippen LogP contribution in [0.25, 0.3) is 0 Å². The lowest BCUT2D eigenvalue weighted by molar-refractivity contribution is -0.122. The molecule has 0 spiro atoms. The molecule has 0 bridgehead atoms. The Hall–Kier alpha value is -0.103. The number of hydrogen-bond acceptors (Lipinski definition) is 8. The van der Waals surface area contributed by atoms with E-state index in [4.69, 9.17) is 36.7 Å². The molecule has 0 N–H and O–H groups in total. The van der Waals surface area contributed by atoms with Crippen molar-refractivity contribution in [3.63, 3.8) is 0 Å². The Morgan fingerprint density at radius 3 is 0.840 bits per heavy atom. The number of methoxy groups -OCH3 is 4. The van der Waals surface area contributed by atoms with Crippen LogP contribution in [0.2, 0.25) is 0 Å². The highest BCUT2D eigenvalue weighted by molar-refractivity contribution is 6.53. The third kappa shape index (κ3) is 11.3. The van der Waals surface area contributed by atoms with Gasteiger partial charge in [0, 0.05) is 28.4 Å². The van der Waals surface area contributed by atoms with Crippen LogP contribution in [0.4, 0.5) is 0 Å². The largest absolute Gasteiger partial charge is 0.680 e. The van der Waals surface area contributed by atoms with E-state index in [1.54, 1.807) is 28.4 Å². The van der Waals surface area contributed by atoms with Crippen molar-refractivity contribution in [1.82, 2.24) is 0 Å². The van der Waals surface area contributed by atoms with Gasteiger partial charge < -0.3 is 36.7 Å². The van der Waals surface area contributed by atoms with E-state index in [0.29, 0.717) is 26.4 Å². The smallest absolute Gasteiger partial charge is 0.382 e. The van der Waals surface area contributed by atoms with Gasteiger partial charge in [-0.2, -0.15) is 0 Å². The zero-order valence-corrected chi connectivity index (χ0v) is 17.9. The number of ether oxygens (including phenoxy) is 4. The second kappa shape index (κ2) is 14.0. The van der Waals surface area contributed by atoms with Gasteiger partial charge in [-0.1, -0.05) is 0 Å². The van der Waals surface area contributed by atoms with E-state index in [9.17, 15) is 0 Å². The maximum Gasteiger partial charge on any atom is 0.680 e. The molecule has 25 heavy (non-hydrogen) atoms. The lowest BCUT2D eigenvalue weighted by atomic mass is 10.4. The lowest BCUT2D eigenvalue weighted by Gasteiger charge is -2.36. The van der Waals surface area contributed by atoms with Gasteiger partial charge in [0.25, 0.3) is 0 Å². The van der Waals surface area contributed by atoms with E-state index >= 15 is 0 Å². The standard InChI is InChI=1S/C16H36O8Si/c1-13(9-17-5)21-25(22-14(2)10-18-6,23-15(3)11-19-7)24-16(4)12-20-8/h13-16H,9-12H2,1-8H3/t13-,14-,15+,16+. The third-order valence-corrected chi connectivity index (χ3v) is 5.75. The van der Waals surface area contributed by atoms with Crippen molar-refractivity contribution in [2.75, 3.05) is 54.9 Å². The molecule has 152 valence electrons. The first-order valence-electron chi connectivity index (χ1n) is 8.49. The Morgan fingerprint density at radius 2 is 0.680 bits per heavy atom. The van der Waals surface area contributed by atoms with Crippen molar-refractivity contribution in [2.24, 2.45) is 0 Å². The molecule has 0 aliphatic heterocycles. The summed E-state index contributed by atoms with van der Waals surface area (Å²) in [7, 11) is 2.93. The van der Waals surface area contributed by atoms with Crippen molar-refractivity contribution in [3.05, 3.63) is 0 Å². The highest BCUT2D eigenvalue weighted by Gasteiger charge is 2.51. The fourth-order valence-corrected chi connectivity index (χ4v) is 4.80. The maximum atomic E-state index is 6.11. The zero-order valence-electron chi connectivity index (χ0n) is 16.9. The molecule has 0 radical (unpaired) electrons. The first-order chi connectivity index (χ1) is 11.8. The molecule has 0 aromatic heterocycles. The molecule has 8 nitrogen and oxygen atoms in total. The summed E-state index contributed by atoms with van der Waals surface area (Å²) in [6.45, 7) is 9.08. The second-order valence-electron chi connectivity index (χ2n) is 6.04. The number of hydrogen-bond donors (Lipinski definition) is 0. The first-order valence-corrected chi connectivity index (χ1v) is 10.1. The number of rotatable bonds is 16. The summed E-state index contributed by atoms with van der Waals surface area (Å²) < 4.78 is 45.1. The summed E-state index contributed by atoms with van der Waals surface area (Å²) in [6.07, 6.45) is -1.07. The molecule has 0 aliphatic carbocycles. The van der Waals surface area contributed by atoms with Gasteiger partial charge in [0.1, 0.15) is 0 Å². The molecule has 0 amide bonds. The average Bonchev–Trinajstić information content (AvgIpc) is 2.47. The van der Waals surface area contributed by atoms with Gasteiger partial charge in [0.2, 0.25) is 0 Å². The van der Waals surface area contributed by atoms with Gasteiger partial charge in [0.05, 0.1) is 50.8 Å². The highest BCUT2D eigenvalue weighted by atomic mass is 28.4. The molecule has 0 heterocycles. The summed E-state index contributed by atoms with van der Waals surface area (Å²) in [5.74, 6) is 0. The average molecular weight is 385 g/mol. The minimum atomic E-state index is -3.52. The van der Waals surface area contributed by atoms with Gasteiger partial charge in [-0.3, -0.25) is 0 Å². The van der Waals surface area contributed by atoms with E-state index in [1.165, 1.54) is 0 Å². The van der Waals surface area contributed by atoms with Crippen LogP contribution in [-0.2, 0) is 36.7 Å². The quantitative estimate of drug-likeness (QED) is 0.372. The van der Waals surface area contributed by atoms with Crippen molar-refractivity contribution >= 4 is 9.05 Å². The molecule has 0 rings (SSSR count). The summed E-state index contributed by atoms with van der Waals surface area (Å²) >= 11 is 0. The molecule has 0 saturated carbocycles. The first kappa shape index (κ1) is 24.9. The van der Waals surface area contributed by atoms with E-state index in [0.717, 1.165) is 0 Å². The lowest BCUT2D eigenvalue weighted by Crippen LogP contribution is -2.57. The molecule has 9 heteroatoms. The van der Waals surface area contributed by atoms with Gasteiger partial charge in [-0.05, 0) is 27.7 Å². The van der Waals surface area contributed by atoms with Crippen LogP contribution in [0.1, 0.15) is 27.7 Å². The van der Waals surface area contributed by atoms with Crippen molar-refractivity contribution < 1.29 is 36.7 Å². The van der Waals surface area contributed by atoms with Crippen LogP contribution in [-0.4, -0.2) is 88.3 Å². The Bertz CT molecular complexity index is 259. The fraction of sp³-hybridized carbons (Fsp3) is 1.00. The van der Waals surface area contributed by atoms with Crippen LogP contribution < -0.4 is 0 Å². The topological polar surface area (TPSA) is 73.8 Å². The molecule has 0 aliphatic rings. The summed E-state index contributed by atoms with van der Waals surface area (Å²) in [5, 5.41) is 0. The Balaban J connectivity index is 5.39. The van der Waals surface area contributed by atoms with Crippen LogP contribution in [0.3, 0.4) is 0 Å². The van der Waals surface area contributed by atoms with Gasteiger partial charge in [-0.25, -0.2) is 0 Å². The zero-order chi connectivity index (χ0) is 19.3. The summed E-state index contributed by atoms with van der Waals surface area (Å²) in [6, 6.07) is 0. The normalized spacial score (nSPS) is 17.3. The third-order valence-electron chi connectivity index (χ3n) is 2.99. The fourth-order valence-electron chi connectivity index (χ4n) is 2.23. The van der Waals surface area contributed by atoms with Gasteiger partial charge in [0.15, 0.2) is 0 Å². The minimum Gasteiger partial charge on any atom is -0.382 e. The molecule has 0 fully saturated rings. The Labute approximate surface area is 153 Å². The summed E-state index contributed by atoms with van der Waals surface area (Å²) in [5.41, 5.74) is 0. The predicted molar refractivity (Wildman–Crippen MR) is 95.4 cm³/mol. The summed E-state index contributed by atoms with van der Waals surface area (Å²) in [4.78, 5) is 0. The molecule has 0 saturated heterocycles. The predicted octanol–water partition coefficient (Wildman–Crippen LogP) is 1.63.